The normalized spacial score (nSPS) is 27.6. The van der Waals surface area contributed by atoms with Crippen LogP contribution in [-0.4, -0.2) is 106 Å². The van der Waals surface area contributed by atoms with Crippen LogP contribution in [0.25, 0.3) is 11.1 Å². The van der Waals surface area contributed by atoms with Gasteiger partial charge >= 0.3 is 0 Å². The van der Waals surface area contributed by atoms with E-state index in [1.54, 1.807) is 19.1 Å². The van der Waals surface area contributed by atoms with Gasteiger partial charge in [-0.2, -0.15) is 5.06 Å². The molecular weight excluding hydrogens is 668 g/mol. The molecule has 53 heavy (non-hydrogen) atoms. The molecule has 1 aliphatic heterocycles. The van der Waals surface area contributed by atoms with E-state index in [0.717, 1.165) is 41.8 Å². The lowest BCUT2D eigenvalue weighted by Crippen LogP contribution is -2.62. The number of hydrogen-bond acceptors (Lipinski definition) is 9. The van der Waals surface area contributed by atoms with Gasteiger partial charge in [-0.15, -0.1) is 0 Å². The van der Waals surface area contributed by atoms with Crippen LogP contribution < -0.4 is 26.0 Å². The van der Waals surface area contributed by atoms with Crippen molar-refractivity contribution in [1.29, 1.82) is 0 Å². The average Bonchev–Trinajstić information content (AvgIpc) is 3.46. The number of para-hydroxylation sites is 1. The van der Waals surface area contributed by atoms with Crippen molar-refractivity contribution in [3.05, 3.63) is 47.5 Å². The Morgan fingerprint density at radius 3 is 2.40 bits per heavy atom. The monoisotopic (exact) mass is 735 g/mol. The van der Waals surface area contributed by atoms with Crippen LogP contribution in [0.2, 0.25) is 0 Å². The zero-order valence-electron chi connectivity index (χ0n) is 34.0. The first-order valence-electron chi connectivity index (χ1n) is 19.5. The molecule has 0 spiro atoms. The number of aliphatic hydroxyl groups is 1. The predicted molar refractivity (Wildman–Crippen MR) is 212 cm³/mol. The van der Waals surface area contributed by atoms with Crippen molar-refractivity contribution in [2.75, 3.05) is 53.3 Å². The second kappa shape index (κ2) is 16.7. The summed E-state index contributed by atoms with van der Waals surface area (Å²) in [4.78, 5) is 38.6. The van der Waals surface area contributed by atoms with E-state index in [1.165, 1.54) is 6.42 Å². The lowest BCUT2D eigenvalue weighted by Gasteiger charge is -2.62. The summed E-state index contributed by atoms with van der Waals surface area (Å²) in [7, 11) is 9.60. The number of aliphatic hydroxyl groups excluding tert-OH is 1. The number of fused-ring (bicyclic) bond motifs is 2. The molecule has 2 aromatic carbocycles. The molecule has 2 amide bonds. The molecule has 6 rings (SSSR count). The highest BCUT2D eigenvalue weighted by Gasteiger charge is 2.57. The number of benzene rings is 2. The molecule has 3 aliphatic carbocycles. The third kappa shape index (κ3) is 8.70. The molecule has 5 N–H and O–H groups in total. The van der Waals surface area contributed by atoms with Crippen LogP contribution in [0, 0.1) is 35.0 Å². The number of rotatable bonds is 15. The fourth-order valence-corrected chi connectivity index (χ4v) is 9.49. The molecule has 2 aromatic rings. The van der Waals surface area contributed by atoms with Crippen molar-refractivity contribution in [1.82, 2.24) is 20.6 Å². The number of nitrogens with one attached hydrogen (secondary N) is 2. The first-order valence-corrected chi connectivity index (χ1v) is 19.5. The fraction of sp³-hybridized carbons (Fsp3) is 0.667. The zero-order valence-corrected chi connectivity index (χ0v) is 34.0. The largest absolute Gasteiger partial charge is 0.496 e. The molecule has 2 bridgehead atoms. The van der Waals surface area contributed by atoms with E-state index in [4.69, 9.17) is 15.3 Å². The lowest BCUT2D eigenvalue weighted by molar-refractivity contribution is -0.175. The molecule has 294 valence electrons. The SMILES string of the molecule is COc1c(CN2O[C@@H](CN)[C@@H]([C@H](C)O)[C@H]2C(=O)N[C@H]2C[C@@H]3C[C@H]([C@@H]2C)C3(C)C)cccc1-c1cc(C(=O)N[C@@H](CC(C)C)CN(C)C)cc(N(C)C)c1. The smallest absolute Gasteiger partial charge is 0.251 e. The topological polar surface area (TPSA) is 133 Å². The summed E-state index contributed by atoms with van der Waals surface area (Å²) in [5, 5.41) is 19.4. The summed E-state index contributed by atoms with van der Waals surface area (Å²) in [5.41, 5.74) is 10.4. The van der Waals surface area contributed by atoms with Crippen LogP contribution in [0.1, 0.15) is 76.7 Å². The van der Waals surface area contributed by atoms with Gasteiger partial charge < -0.3 is 36.0 Å². The Bertz CT molecular complexity index is 1580. The van der Waals surface area contributed by atoms with Crippen LogP contribution in [0.15, 0.2) is 36.4 Å². The van der Waals surface area contributed by atoms with Gasteiger partial charge in [-0.05, 0) is 93.1 Å². The first kappa shape index (κ1) is 41.0. The molecule has 9 atom stereocenters. The van der Waals surface area contributed by atoms with E-state index in [9.17, 15) is 14.7 Å². The summed E-state index contributed by atoms with van der Waals surface area (Å²) in [6.45, 7) is 14.2. The Hall–Kier alpha value is -3.22. The number of hydrogen-bond donors (Lipinski definition) is 4. The molecule has 0 aromatic heterocycles. The Balaban J connectivity index is 1.45. The summed E-state index contributed by atoms with van der Waals surface area (Å²) in [6.07, 6.45) is 1.71. The van der Waals surface area contributed by atoms with Crippen molar-refractivity contribution >= 4 is 17.5 Å². The van der Waals surface area contributed by atoms with Crippen molar-refractivity contribution in [2.45, 2.75) is 97.7 Å². The predicted octanol–water partition coefficient (Wildman–Crippen LogP) is 4.76. The minimum atomic E-state index is -0.815. The molecule has 0 radical (unpaired) electrons. The second-order valence-electron chi connectivity index (χ2n) is 17.5. The van der Waals surface area contributed by atoms with Gasteiger partial charge in [0, 0.05) is 67.6 Å². The number of nitrogens with zero attached hydrogens (tertiary/aromatic N) is 3. The molecule has 4 aliphatic rings. The molecule has 3 saturated carbocycles. The fourth-order valence-electron chi connectivity index (χ4n) is 9.49. The maximum absolute atomic E-state index is 14.3. The second-order valence-corrected chi connectivity index (χ2v) is 17.5. The summed E-state index contributed by atoms with van der Waals surface area (Å²) in [6, 6.07) is 11.1. The van der Waals surface area contributed by atoms with Crippen molar-refractivity contribution in [3.8, 4) is 16.9 Å². The van der Waals surface area contributed by atoms with E-state index < -0.39 is 24.2 Å². The number of ether oxygens (including phenoxy) is 1. The maximum Gasteiger partial charge on any atom is 0.251 e. The number of anilines is 1. The minimum Gasteiger partial charge on any atom is -0.496 e. The number of likely N-dealkylation sites (N-methyl/N-ethyl adjacent to an activating group) is 1. The number of carbonyl (C=O) groups excluding carboxylic acids is 2. The summed E-state index contributed by atoms with van der Waals surface area (Å²) < 4.78 is 6.11. The van der Waals surface area contributed by atoms with Gasteiger partial charge in [-0.25, -0.2) is 0 Å². The van der Waals surface area contributed by atoms with Crippen LogP contribution >= 0.6 is 0 Å². The third-order valence-electron chi connectivity index (χ3n) is 12.4. The number of hydroxylamine groups is 2. The highest BCUT2D eigenvalue weighted by atomic mass is 16.7. The zero-order chi connectivity index (χ0) is 38.9. The lowest BCUT2D eigenvalue weighted by atomic mass is 9.45. The molecule has 1 saturated heterocycles. The van der Waals surface area contributed by atoms with Gasteiger partial charge in [0.15, 0.2) is 0 Å². The summed E-state index contributed by atoms with van der Waals surface area (Å²) in [5.74, 6) is 1.82. The van der Waals surface area contributed by atoms with Gasteiger partial charge in [-0.3, -0.25) is 14.4 Å². The Morgan fingerprint density at radius 2 is 1.83 bits per heavy atom. The van der Waals surface area contributed by atoms with Crippen LogP contribution in [-0.2, 0) is 16.2 Å². The van der Waals surface area contributed by atoms with Crippen LogP contribution in [0.3, 0.4) is 0 Å². The van der Waals surface area contributed by atoms with Gasteiger partial charge in [-0.1, -0.05) is 52.8 Å². The van der Waals surface area contributed by atoms with Crippen molar-refractivity contribution in [2.24, 2.45) is 40.7 Å². The highest BCUT2D eigenvalue weighted by Crippen LogP contribution is 2.61. The number of amides is 2. The van der Waals surface area contributed by atoms with E-state index in [2.05, 4.69) is 56.2 Å². The maximum atomic E-state index is 14.3. The van der Waals surface area contributed by atoms with Gasteiger partial charge in [0.25, 0.3) is 5.91 Å². The van der Waals surface area contributed by atoms with Gasteiger partial charge in [0.05, 0.1) is 25.9 Å². The third-order valence-corrected chi connectivity index (χ3v) is 12.4. The van der Waals surface area contributed by atoms with Gasteiger partial charge in [0.1, 0.15) is 11.8 Å². The minimum absolute atomic E-state index is 0.00843. The molecule has 11 heteroatoms. The Morgan fingerprint density at radius 1 is 1.11 bits per heavy atom. The average molecular weight is 735 g/mol. The van der Waals surface area contributed by atoms with Crippen molar-refractivity contribution < 1.29 is 24.3 Å². The molecule has 4 fully saturated rings. The highest BCUT2D eigenvalue weighted by molar-refractivity contribution is 5.97. The Kier molecular flexibility index (Phi) is 12.9. The van der Waals surface area contributed by atoms with Crippen LogP contribution in [0.4, 0.5) is 5.69 Å². The Labute approximate surface area is 317 Å². The quantitative estimate of drug-likeness (QED) is 0.205. The molecular formula is C42H66N6O5. The standard InChI is InChI=1S/C42H66N6O5/c1-24(2)15-31(23-46(7)8)44-40(50)29-16-28(17-32(18-29)47(9)10)33-14-12-13-27(39(33)52-11)22-48-38(37(26(4)49)36(21-43)53-48)41(51)45-35-20-30-19-34(25(35)3)42(30,5)6/h12-14,16-18,24-26,30-31,34-38,49H,15,19-23,43H2,1-11H3,(H,44,50)(H,45,51)/t25-,26-,30-,31-,34+,35-,36-,37+,38-/m0/s1. The molecule has 0 unspecified atom stereocenters. The molecule has 1 heterocycles. The van der Waals surface area contributed by atoms with E-state index >= 15 is 0 Å². The number of methoxy groups -OCH3 is 1. The van der Waals surface area contributed by atoms with Crippen LogP contribution in [0.5, 0.6) is 5.75 Å². The van der Waals surface area contributed by atoms with Crippen molar-refractivity contribution in [3.63, 3.8) is 0 Å². The number of carbonyl (C=O) groups is 2. The van der Waals surface area contributed by atoms with E-state index in [1.807, 2.05) is 63.4 Å². The number of nitrogens with two attached hydrogens (primary N) is 1. The van der Waals surface area contributed by atoms with E-state index in [0.29, 0.717) is 40.4 Å². The van der Waals surface area contributed by atoms with Gasteiger partial charge in [0.2, 0.25) is 5.91 Å². The summed E-state index contributed by atoms with van der Waals surface area (Å²) >= 11 is 0. The van der Waals surface area contributed by atoms with E-state index in [-0.39, 0.29) is 37.0 Å². The molecule has 11 nitrogen and oxygen atoms in total. The first-order chi connectivity index (χ1) is 25.0.